The van der Waals surface area contributed by atoms with Crippen molar-refractivity contribution in [2.75, 3.05) is 13.2 Å². The molecule has 0 radical (unpaired) electrons. The van der Waals surface area contributed by atoms with Crippen molar-refractivity contribution in [2.45, 2.75) is 26.9 Å². The van der Waals surface area contributed by atoms with Crippen LogP contribution in [0.5, 0.6) is 0 Å². The maximum absolute atomic E-state index is 10.9. The van der Waals surface area contributed by atoms with Crippen molar-refractivity contribution in [1.29, 1.82) is 0 Å². The fraction of sp³-hybridized carbons (Fsp3) is 0.600. The van der Waals surface area contributed by atoms with Gasteiger partial charge < -0.3 is 14.2 Å². The molecule has 5 nitrogen and oxygen atoms in total. The number of carbonyl (C=O) groups excluding carboxylic acids is 2. The van der Waals surface area contributed by atoms with E-state index in [1.807, 2.05) is 0 Å². The van der Waals surface area contributed by atoms with Crippen LogP contribution in [0.15, 0.2) is 12.2 Å². The van der Waals surface area contributed by atoms with Gasteiger partial charge in [0.1, 0.15) is 6.10 Å². The second-order valence-corrected chi connectivity index (χ2v) is 2.62. The zero-order chi connectivity index (χ0) is 11.7. The van der Waals surface area contributed by atoms with Crippen molar-refractivity contribution < 1.29 is 23.8 Å². The van der Waals surface area contributed by atoms with Crippen LogP contribution < -0.4 is 0 Å². The number of rotatable bonds is 5. The van der Waals surface area contributed by atoms with Crippen LogP contribution in [0.4, 0.5) is 4.79 Å². The summed E-state index contributed by atoms with van der Waals surface area (Å²) in [6.45, 7) is 5.58. The Morgan fingerprint density at radius 1 is 1.20 bits per heavy atom. The van der Waals surface area contributed by atoms with Gasteiger partial charge in [-0.2, -0.15) is 0 Å². The second-order valence-electron chi connectivity index (χ2n) is 2.62. The van der Waals surface area contributed by atoms with E-state index in [4.69, 9.17) is 4.74 Å². The number of ether oxygens (including phenoxy) is 3. The first-order valence-corrected chi connectivity index (χ1v) is 4.78. The molecule has 0 fully saturated rings. The molecule has 0 aromatic heterocycles. The van der Waals surface area contributed by atoms with Crippen LogP contribution in [-0.4, -0.2) is 31.4 Å². The van der Waals surface area contributed by atoms with Crippen LogP contribution >= 0.6 is 0 Å². The molecule has 15 heavy (non-hydrogen) atoms. The minimum Gasteiger partial charge on any atom is -0.463 e. The van der Waals surface area contributed by atoms with E-state index in [0.717, 1.165) is 0 Å². The molecule has 0 aromatic carbocycles. The molecule has 1 unspecified atom stereocenters. The van der Waals surface area contributed by atoms with Gasteiger partial charge in [-0.3, -0.25) is 0 Å². The standard InChI is InChI=1S/C10H16O5/c1-4-13-9(11)7-6-8(3)15-10(12)14-5-2/h6-8H,4-5H2,1-3H3/b7-6-. The Hall–Kier alpha value is -1.52. The summed E-state index contributed by atoms with van der Waals surface area (Å²) in [6.07, 6.45) is 1.37. The fourth-order valence-electron chi connectivity index (χ4n) is 0.747. The molecule has 0 amide bonds. The molecule has 86 valence electrons. The van der Waals surface area contributed by atoms with Crippen molar-refractivity contribution in [2.24, 2.45) is 0 Å². The quantitative estimate of drug-likeness (QED) is 0.516. The van der Waals surface area contributed by atoms with E-state index in [1.165, 1.54) is 12.2 Å². The van der Waals surface area contributed by atoms with Gasteiger partial charge in [-0.25, -0.2) is 9.59 Å². The van der Waals surface area contributed by atoms with E-state index >= 15 is 0 Å². The van der Waals surface area contributed by atoms with Gasteiger partial charge in [-0.05, 0) is 26.8 Å². The molecule has 0 rings (SSSR count). The predicted octanol–water partition coefficient (Wildman–Crippen LogP) is 1.67. The summed E-state index contributed by atoms with van der Waals surface area (Å²) in [5.41, 5.74) is 0. The van der Waals surface area contributed by atoms with E-state index in [9.17, 15) is 9.59 Å². The lowest BCUT2D eigenvalue weighted by molar-refractivity contribution is -0.137. The number of esters is 1. The zero-order valence-corrected chi connectivity index (χ0v) is 9.19. The molecular formula is C10H16O5. The van der Waals surface area contributed by atoms with Gasteiger partial charge in [0, 0.05) is 6.08 Å². The molecule has 0 spiro atoms. The van der Waals surface area contributed by atoms with Crippen LogP contribution in [-0.2, 0) is 19.0 Å². The first kappa shape index (κ1) is 13.5. The van der Waals surface area contributed by atoms with Crippen molar-refractivity contribution in [3.05, 3.63) is 12.2 Å². The van der Waals surface area contributed by atoms with Crippen LogP contribution in [0.3, 0.4) is 0 Å². The zero-order valence-electron chi connectivity index (χ0n) is 9.19. The first-order chi connectivity index (χ1) is 7.10. The second kappa shape index (κ2) is 7.84. The molecule has 0 aromatic rings. The highest BCUT2D eigenvalue weighted by Crippen LogP contribution is 1.96. The number of hydrogen-bond acceptors (Lipinski definition) is 5. The maximum Gasteiger partial charge on any atom is 0.508 e. The third-order valence-corrected chi connectivity index (χ3v) is 1.33. The van der Waals surface area contributed by atoms with Crippen molar-refractivity contribution in [1.82, 2.24) is 0 Å². The Labute approximate surface area is 89.0 Å². The molecule has 5 heteroatoms. The third-order valence-electron chi connectivity index (χ3n) is 1.33. The Kier molecular flexibility index (Phi) is 7.05. The van der Waals surface area contributed by atoms with E-state index in [0.29, 0.717) is 6.61 Å². The lowest BCUT2D eigenvalue weighted by atomic mass is 10.3. The average Bonchev–Trinajstić information content (AvgIpc) is 2.15. The Morgan fingerprint density at radius 3 is 2.33 bits per heavy atom. The Balaban J connectivity index is 3.86. The summed E-state index contributed by atoms with van der Waals surface area (Å²) in [4.78, 5) is 21.7. The van der Waals surface area contributed by atoms with Gasteiger partial charge in [-0.1, -0.05) is 0 Å². The molecule has 0 bridgehead atoms. The van der Waals surface area contributed by atoms with Crippen molar-refractivity contribution in [3.63, 3.8) is 0 Å². The summed E-state index contributed by atoms with van der Waals surface area (Å²) in [5, 5.41) is 0. The van der Waals surface area contributed by atoms with Gasteiger partial charge in [0.2, 0.25) is 0 Å². The van der Waals surface area contributed by atoms with E-state index < -0.39 is 18.2 Å². The minimum atomic E-state index is -0.751. The Bertz CT molecular complexity index is 234. The topological polar surface area (TPSA) is 61.8 Å². The van der Waals surface area contributed by atoms with Gasteiger partial charge in [0.15, 0.2) is 0 Å². The third kappa shape index (κ3) is 7.54. The van der Waals surface area contributed by atoms with E-state index in [2.05, 4.69) is 9.47 Å². The summed E-state index contributed by atoms with van der Waals surface area (Å²) >= 11 is 0. The molecular weight excluding hydrogens is 200 g/mol. The molecule has 0 aliphatic rings. The van der Waals surface area contributed by atoms with Crippen molar-refractivity contribution in [3.8, 4) is 0 Å². The molecule has 0 aliphatic carbocycles. The maximum atomic E-state index is 10.9. The van der Waals surface area contributed by atoms with Gasteiger partial charge in [0.05, 0.1) is 13.2 Å². The Morgan fingerprint density at radius 2 is 1.80 bits per heavy atom. The van der Waals surface area contributed by atoms with Gasteiger partial charge >= 0.3 is 12.1 Å². The summed E-state index contributed by atoms with van der Waals surface area (Å²) in [7, 11) is 0. The summed E-state index contributed by atoms with van der Waals surface area (Å²) in [6, 6.07) is 0. The molecule has 0 heterocycles. The SMILES string of the molecule is CCOC(=O)/C=C\C(C)OC(=O)OCC. The van der Waals surface area contributed by atoms with Crippen LogP contribution in [0.2, 0.25) is 0 Å². The van der Waals surface area contributed by atoms with Gasteiger partial charge in [-0.15, -0.1) is 0 Å². The van der Waals surface area contributed by atoms with E-state index in [-0.39, 0.29) is 6.61 Å². The number of carbonyl (C=O) groups is 2. The van der Waals surface area contributed by atoms with E-state index in [1.54, 1.807) is 20.8 Å². The normalized spacial score (nSPS) is 12.2. The molecule has 0 aliphatic heterocycles. The van der Waals surface area contributed by atoms with Crippen LogP contribution in [0.25, 0.3) is 0 Å². The minimum absolute atomic E-state index is 0.257. The van der Waals surface area contributed by atoms with Crippen molar-refractivity contribution >= 4 is 12.1 Å². The predicted molar refractivity (Wildman–Crippen MR) is 53.3 cm³/mol. The molecule has 0 saturated heterocycles. The summed E-state index contributed by atoms with van der Waals surface area (Å²) in [5.74, 6) is -0.461. The highest BCUT2D eigenvalue weighted by atomic mass is 16.7. The van der Waals surface area contributed by atoms with Crippen LogP contribution in [0.1, 0.15) is 20.8 Å². The highest BCUT2D eigenvalue weighted by Gasteiger charge is 2.07. The van der Waals surface area contributed by atoms with Gasteiger partial charge in [0.25, 0.3) is 0 Å². The summed E-state index contributed by atoms with van der Waals surface area (Å²) < 4.78 is 14.0. The average molecular weight is 216 g/mol. The van der Waals surface area contributed by atoms with Crippen LogP contribution in [0, 0.1) is 0 Å². The highest BCUT2D eigenvalue weighted by molar-refractivity contribution is 5.82. The lowest BCUT2D eigenvalue weighted by Crippen LogP contribution is -2.14. The molecule has 1 atom stereocenters. The largest absolute Gasteiger partial charge is 0.508 e. The first-order valence-electron chi connectivity index (χ1n) is 4.78. The number of hydrogen-bond donors (Lipinski definition) is 0. The fourth-order valence-corrected chi connectivity index (χ4v) is 0.747. The molecule has 0 saturated carbocycles. The molecule has 0 N–H and O–H groups in total. The smallest absolute Gasteiger partial charge is 0.463 e. The monoisotopic (exact) mass is 216 g/mol. The lowest BCUT2D eigenvalue weighted by Gasteiger charge is -2.07.